The lowest BCUT2D eigenvalue weighted by atomic mass is 9.54. The molecular weight excluding hydrogens is 232 g/mol. The van der Waals surface area contributed by atoms with Gasteiger partial charge in [0.15, 0.2) is 0 Å². The van der Waals surface area contributed by atoms with Crippen molar-refractivity contribution in [1.29, 1.82) is 0 Å². The van der Waals surface area contributed by atoms with E-state index in [1.165, 1.54) is 51.4 Å². The third kappa shape index (κ3) is 1.92. The predicted molar refractivity (Wildman–Crippen MR) is 78.0 cm³/mol. The second-order valence-corrected chi connectivity index (χ2v) is 8.06. The first-order valence-corrected chi connectivity index (χ1v) is 8.45. The maximum Gasteiger partial charge on any atom is 0.0628 e. The average Bonchev–Trinajstić information content (AvgIpc) is 2.34. The van der Waals surface area contributed by atoms with Gasteiger partial charge in [-0.25, -0.2) is 0 Å². The van der Waals surface area contributed by atoms with E-state index in [1.54, 1.807) is 5.57 Å². The molecule has 106 valence electrons. The Balaban J connectivity index is 1.63. The van der Waals surface area contributed by atoms with Crippen LogP contribution in [-0.2, 0) is 4.74 Å². The summed E-state index contributed by atoms with van der Waals surface area (Å²) in [6.45, 7) is 6.06. The van der Waals surface area contributed by atoms with E-state index in [9.17, 15) is 0 Å². The number of fused-ring (bicyclic) bond motifs is 5. The largest absolute Gasteiger partial charge is 0.377 e. The number of rotatable bonds is 0. The molecule has 1 aliphatic heterocycles. The van der Waals surface area contributed by atoms with E-state index in [0.717, 1.165) is 24.4 Å². The predicted octanol–water partition coefficient (Wildman–Crippen LogP) is 4.72. The Morgan fingerprint density at radius 3 is 2.84 bits per heavy atom. The second-order valence-electron chi connectivity index (χ2n) is 8.06. The Hall–Kier alpha value is -0.300. The van der Waals surface area contributed by atoms with E-state index in [0.29, 0.717) is 11.5 Å². The number of allylic oxidation sites excluding steroid dienone is 2. The van der Waals surface area contributed by atoms with Gasteiger partial charge < -0.3 is 4.74 Å². The van der Waals surface area contributed by atoms with Crippen LogP contribution in [0.15, 0.2) is 11.1 Å². The summed E-state index contributed by atoms with van der Waals surface area (Å²) in [5, 5.41) is 0. The summed E-state index contributed by atoms with van der Waals surface area (Å²) >= 11 is 0. The van der Waals surface area contributed by atoms with Gasteiger partial charge in [-0.2, -0.15) is 0 Å². The molecule has 2 bridgehead atoms. The zero-order valence-electron chi connectivity index (χ0n) is 12.6. The highest BCUT2D eigenvalue weighted by Gasteiger charge is 2.51. The molecule has 0 spiro atoms. The fourth-order valence-electron chi connectivity index (χ4n) is 5.49. The van der Waals surface area contributed by atoms with Crippen LogP contribution in [0.1, 0.15) is 65.2 Å². The molecule has 19 heavy (non-hydrogen) atoms. The third-order valence-electron chi connectivity index (χ3n) is 7.04. The normalized spacial score (nSPS) is 49.6. The average molecular weight is 260 g/mol. The summed E-state index contributed by atoms with van der Waals surface area (Å²) in [5.41, 5.74) is 4.19. The minimum absolute atomic E-state index is 0.618. The van der Waals surface area contributed by atoms with Crippen molar-refractivity contribution in [2.75, 3.05) is 6.61 Å². The van der Waals surface area contributed by atoms with Crippen molar-refractivity contribution in [2.45, 2.75) is 71.3 Å². The molecule has 4 unspecified atom stereocenters. The quantitative estimate of drug-likeness (QED) is 0.573. The Bertz CT molecular complexity index is 410. The summed E-state index contributed by atoms with van der Waals surface area (Å²) in [5.74, 6) is 2.86. The van der Waals surface area contributed by atoms with Crippen LogP contribution in [0.2, 0.25) is 0 Å². The van der Waals surface area contributed by atoms with Crippen molar-refractivity contribution in [3.8, 4) is 0 Å². The van der Waals surface area contributed by atoms with Gasteiger partial charge in [-0.15, -0.1) is 0 Å². The molecule has 0 aromatic heterocycles. The fourth-order valence-corrected chi connectivity index (χ4v) is 5.49. The lowest BCUT2D eigenvalue weighted by Crippen LogP contribution is -2.54. The molecule has 1 heteroatoms. The highest BCUT2D eigenvalue weighted by atomic mass is 16.5. The zero-order valence-corrected chi connectivity index (χ0v) is 12.6. The Morgan fingerprint density at radius 1 is 1.16 bits per heavy atom. The van der Waals surface area contributed by atoms with E-state index in [2.05, 4.69) is 13.8 Å². The molecule has 3 aliphatic carbocycles. The van der Waals surface area contributed by atoms with Gasteiger partial charge in [0.2, 0.25) is 0 Å². The van der Waals surface area contributed by atoms with Gasteiger partial charge in [0.05, 0.1) is 12.7 Å². The second kappa shape index (κ2) is 4.35. The Labute approximate surface area is 117 Å². The Morgan fingerprint density at radius 2 is 2.05 bits per heavy atom. The molecule has 0 aromatic carbocycles. The topological polar surface area (TPSA) is 9.23 Å². The molecule has 0 N–H and O–H groups in total. The summed E-state index contributed by atoms with van der Waals surface area (Å²) in [4.78, 5) is 0. The van der Waals surface area contributed by atoms with Crippen molar-refractivity contribution >= 4 is 0 Å². The van der Waals surface area contributed by atoms with Crippen molar-refractivity contribution in [2.24, 2.45) is 23.2 Å². The van der Waals surface area contributed by atoms with E-state index < -0.39 is 0 Å². The molecule has 1 saturated heterocycles. The SMILES string of the molecule is CC1=C2CC[C@]3(C)CCC4OCC4C3CC(CC1)C2. The standard InChI is InChI=1S/C18H28O/c1-12-3-4-13-9-14(12)5-7-18(2)8-6-17-15(11-19-17)16(18)10-13/h13,15-17H,3-11H2,1-2H3/t13?,15?,16?,17?,18-/m1/s1. The van der Waals surface area contributed by atoms with Crippen LogP contribution >= 0.6 is 0 Å². The van der Waals surface area contributed by atoms with Crippen LogP contribution in [0.4, 0.5) is 0 Å². The molecule has 1 heterocycles. The highest BCUT2D eigenvalue weighted by Crippen LogP contribution is 2.56. The van der Waals surface area contributed by atoms with Crippen LogP contribution in [0, 0.1) is 23.2 Å². The molecule has 3 fully saturated rings. The molecule has 0 radical (unpaired) electrons. The summed E-state index contributed by atoms with van der Waals surface area (Å²) in [6, 6.07) is 0. The van der Waals surface area contributed by atoms with Crippen LogP contribution in [0.25, 0.3) is 0 Å². The smallest absolute Gasteiger partial charge is 0.0628 e. The molecule has 5 atom stereocenters. The van der Waals surface area contributed by atoms with Gasteiger partial charge >= 0.3 is 0 Å². The maximum atomic E-state index is 5.81. The van der Waals surface area contributed by atoms with Crippen LogP contribution in [0.5, 0.6) is 0 Å². The van der Waals surface area contributed by atoms with E-state index >= 15 is 0 Å². The first-order valence-electron chi connectivity index (χ1n) is 8.45. The number of hydrogen-bond donors (Lipinski definition) is 0. The van der Waals surface area contributed by atoms with E-state index in [-0.39, 0.29) is 0 Å². The van der Waals surface area contributed by atoms with E-state index in [4.69, 9.17) is 4.74 Å². The van der Waals surface area contributed by atoms with E-state index in [1.807, 2.05) is 5.57 Å². The van der Waals surface area contributed by atoms with Gasteiger partial charge in [0.25, 0.3) is 0 Å². The monoisotopic (exact) mass is 260 g/mol. The molecule has 0 aromatic rings. The van der Waals surface area contributed by atoms with Crippen molar-refractivity contribution < 1.29 is 4.74 Å². The van der Waals surface area contributed by atoms with Crippen LogP contribution < -0.4 is 0 Å². The lowest BCUT2D eigenvalue weighted by molar-refractivity contribution is -0.195. The third-order valence-corrected chi connectivity index (χ3v) is 7.04. The maximum absolute atomic E-state index is 5.81. The van der Waals surface area contributed by atoms with Gasteiger partial charge in [0, 0.05) is 5.92 Å². The van der Waals surface area contributed by atoms with Crippen molar-refractivity contribution in [1.82, 2.24) is 0 Å². The van der Waals surface area contributed by atoms with Gasteiger partial charge in [-0.1, -0.05) is 18.1 Å². The first kappa shape index (κ1) is 12.4. The number of hydrogen-bond acceptors (Lipinski definition) is 1. The molecule has 4 aliphatic rings. The number of ether oxygens (including phenoxy) is 1. The zero-order chi connectivity index (χ0) is 13.0. The van der Waals surface area contributed by atoms with Crippen LogP contribution in [-0.4, -0.2) is 12.7 Å². The summed E-state index contributed by atoms with van der Waals surface area (Å²) in [6.07, 6.45) is 12.0. The lowest BCUT2D eigenvalue weighted by Gasteiger charge is -2.56. The first-order chi connectivity index (χ1) is 9.16. The molecule has 4 rings (SSSR count). The Kier molecular flexibility index (Phi) is 2.85. The van der Waals surface area contributed by atoms with Crippen molar-refractivity contribution in [3.05, 3.63) is 11.1 Å². The minimum Gasteiger partial charge on any atom is -0.377 e. The summed E-state index contributed by atoms with van der Waals surface area (Å²) in [7, 11) is 0. The minimum atomic E-state index is 0.618. The molecule has 0 amide bonds. The van der Waals surface area contributed by atoms with Gasteiger partial charge in [0.1, 0.15) is 0 Å². The molecule has 2 saturated carbocycles. The van der Waals surface area contributed by atoms with Gasteiger partial charge in [-0.05, 0) is 75.5 Å². The van der Waals surface area contributed by atoms with Gasteiger partial charge in [-0.3, -0.25) is 0 Å². The van der Waals surface area contributed by atoms with Crippen LogP contribution in [0.3, 0.4) is 0 Å². The van der Waals surface area contributed by atoms with Crippen molar-refractivity contribution in [3.63, 3.8) is 0 Å². The molecule has 1 nitrogen and oxygen atoms in total. The molecular formula is C18H28O. The fraction of sp³-hybridized carbons (Fsp3) is 0.889. The highest BCUT2D eigenvalue weighted by molar-refractivity contribution is 5.18. The summed E-state index contributed by atoms with van der Waals surface area (Å²) < 4.78 is 5.81.